The summed E-state index contributed by atoms with van der Waals surface area (Å²) in [6, 6.07) is 3.46. The van der Waals surface area contributed by atoms with Gasteiger partial charge in [0.1, 0.15) is 5.76 Å². The molecular weight excluding hydrogens is 330 g/mol. The third-order valence-corrected chi connectivity index (χ3v) is 3.31. The van der Waals surface area contributed by atoms with Gasteiger partial charge < -0.3 is 19.6 Å². The minimum Gasteiger partial charge on any atom is -0.479 e. The van der Waals surface area contributed by atoms with Gasteiger partial charge in [-0.2, -0.15) is 0 Å². The summed E-state index contributed by atoms with van der Waals surface area (Å²) in [5, 5.41) is 11.4. The third-order valence-electron chi connectivity index (χ3n) is 2.88. The SMILES string of the molecule is O=C(/C=C/c1ccc(Br)o1)NCC1CCC(C(=O)O)O1. The van der Waals surface area contributed by atoms with E-state index in [2.05, 4.69) is 21.2 Å². The summed E-state index contributed by atoms with van der Waals surface area (Å²) < 4.78 is 11.1. The van der Waals surface area contributed by atoms with Gasteiger partial charge in [0.05, 0.1) is 6.10 Å². The fourth-order valence-corrected chi connectivity index (χ4v) is 2.21. The molecule has 20 heavy (non-hydrogen) atoms. The molecule has 1 aliphatic rings. The van der Waals surface area contributed by atoms with Crippen molar-refractivity contribution >= 4 is 33.9 Å². The van der Waals surface area contributed by atoms with Crippen LogP contribution in [0.3, 0.4) is 0 Å². The number of furan rings is 1. The molecule has 0 radical (unpaired) electrons. The van der Waals surface area contributed by atoms with Crippen molar-refractivity contribution in [1.82, 2.24) is 5.32 Å². The van der Waals surface area contributed by atoms with Crippen LogP contribution in [-0.2, 0) is 14.3 Å². The van der Waals surface area contributed by atoms with Crippen LogP contribution >= 0.6 is 15.9 Å². The van der Waals surface area contributed by atoms with Crippen molar-refractivity contribution in [3.05, 3.63) is 28.6 Å². The summed E-state index contributed by atoms with van der Waals surface area (Å²) in [6.45, 7) is 0.300. The predicted octanol–water partition coefficient (Wildman–Crippen LogP) is 1.80. The predicted molar refractivity (Wildman–Crippen MR) is 74.0 cm³/mol. The Labute approximate surface area is 123 Å². The van der Waals surface area contributed by atoms with Crippen LogP contribution in [-0.4, -0.2) is 35.7 Å². The Bertz CT molecular complexity index is 525. The number of nitrogens with one attached hydrogen (secondary N) is 1. The molecule has 0 spiro atoms. The first-order valence-corrected chi connectivity index (χ1v) is 6.93. The largest absolute Gasteiger partial charge is 0.479 e. The lowest BCUT2D eigenvalue weighted by Gasteiger charge is -2.11. The molecule has 7 heteroatoms. The number of ether oxygens (including phenoxy) is 1. The number of rotatable bonds is 5. The topological polar surface area (TPSA) is 88.8 Å². The molecule has 2 unspecified atom stereocenters. The van der Waals surface area contributed by atoms with Gasteiger partial charge in [-0.05, 0) is 47.0 Å². The van der Waals surface area contributed by atoms with Crippen LogP contribution < -0.4 is 5.32 Å². The van der Waals surface area contributed by atoms with E-state index in [4.69, 9.17) is 14.3 Å². The van der Waals surface area contributed by atoms with Crippen LogP contribution in [0.4, 0.5) is 0 Å². The summed E-state index contributed by atoms with van der Waals surface area (Å²) in [4.78, 5) is 22.3. The quantitative estimate of drug-likeness (QED) is 0.796. The number of carbonyl (C=O) groups is 2. The van der Waals surface area contributed by atoms with Crippen molar-refractivity contribution < 1.29 is 23.8 Å². The zero-order chi connectivity index (χ0) is 14.5. The van der Waals surface area contributed by atoms with E-state index < -0.39 is 12.1 Å². The summed E-state index contributed by atoms with van der Waals surface area (Å²) in [5.74, 6) is -0.669. The fraction of sp³-hybridized carbons (Fsp3) is 0.385. The maximum absolute atomic E-state index is 11.6. The molecule has 0 bridgehead atoms. The van der Waals surface area contributed by atoms with Gasteiger partial charge in [-0.1, -0.05) is 0 Å². The van der Waals surface area contributed by atoms with E-state index in [-0.39, 0.29) is 12.0 Å². The average molecular weight is 344 g/mol. The second-order valence-electron chi connectivity index (χ2n) is 4.38. The fourth-order valence-electron chi connectivity index (χ4n) is 1.89. The molecule has 2 atom stereocenters. The second kappa shape index (κ2) is 6.71. The van der Waals surface area contributed by atoms with Crippen molar-refractivity contribution in [2.45, 2.75) is 25.0 Å². The number of carbonyl (C=O) groups excluding carboxylic acids is 1. The Morgan fingerprint density at radius 1 is 1.45 bits per heavy atom. The lowest BCUT2D eigenvalue weighted by atomic mass is 10.2. The van der Waals surface area contributed by atoms with E-state index in [1.54, 1.807) is 18.2 Å². The lowest BCUT2D eigenvalue weighted by Crippen LogP contribution is -2.32. The zero-order valence-electron chi connectivity index (χ0n) is 10.5. The van der Waals surface area contributed by atoms with Crippen LogP contribution in [0, 0.1) is 0 Å². The minimum absolute atomic E-state index is 0.244. The highest BCUT2D eigenvalue weighted by Crippen LogP contribution is 2.19. The average Bonchev–Trinajstić information content (AvgIpc) is 3.03. The maximum Gasteiger partial charge on any atom is 0.332 e. The van der Waals surface area contributed by atoms with Crippen LogP contribution in [0.2, 0.25) is 0 Å². The normalized spacial score (nSPS) is 22.2. The summed E-state index contributed by atoms with van der Waals surface area (Å²) in [5.41, 5.74) is 0. The molecule has 1 aromatic rings. The van der Waals surface area contributed by atoms with Gasteiger partial charge >= 0.3 is 5.97 Å². The molecule has 1 amide bonds. The lowest BCUT2D eigenvalue weighted by molar-refractivity contribution is -0.149. The Balaban J connectivity index is 1.73. The molecule has 108 valence electrons. The maximum atomic E-state index is 11.6. The summed E-state index contributed by atoms with van der Waals surface area (Å²) in [6.07, 6.45) is 3.02. The van der Waals surface area contributed by atoms with Gasteiger partial charge in [-0.25, -0.2) is 4.79 Å². The van der Waals surface area contributed by atoms with Gasteiger partial charge in [0.25, 0.3) is 0 Å². The summed E-state index contributed by atoms with van der Waals surface area (Å²) >= 11 is 3.17. The highest BCUT2D eigenvalue weighted by molar-refractivity contribution is 9.10. The van der Waals surface area contributed by atoms with Crippen molar-refractivity contribution in [3.8, 4) is 0 Å². The van der Waals surface area contributed by atoms with E-state index in [1.807, 2.05) is 0 Å². The van der Waals surface area contributed by atoms with Crippen LogP contribution in [0.15, 0.2) is 27.3 Å². The Morgan fingerprint density at radius 2 is 2.25 bits per heavy atom. The number of hydrogen-bond acceptors (Lipinski definition) is 4. The van der Waals surface area contributed by atoms with Crippen molar-refractivity contribution in [3.63, 3.8) is 0 Å². The molecule has 1 fully saturated rings. The zero-order valence-corrected chi connectivity index (χ0v) is 12.1. The number of carboxylic acid groups (broad SMARTS) is 1. The van der Waals surface area contributed by atoms with Gasteiger partial charge in [0.2, 0.25) is 5.91 Å². The van der Waals surface area contributed by atoms with E-state index in [0.717, 1.165) is 0 Å². The Hall–Kier alpha value is -1.60. The van der Waals surface area contributed by atoms with Gasteiger partial charge in [-0.3, -0.25) is 4.79 Å². The van der Waals surface area contributed by atoms with Crippen LogP contribution in [0.5, 0.6) is 0 Å². The highest BCUT2D eigenvalue weighted by atomic mass is 79.9. The van der Waals surface area contributed by atoms with Crippen molar-refractivity contribution in [2.75, 3.05) is 6.54 Å². The molecule has 2 heterocycles. The molecule has 0 aliphatic carbocycles. The molecule has 6 nitrogen and oxygen atoms in total. The molecule has 1 aliphatic heterocycles. The third kappa shape index (κ3) is 4.21. The molecule has 0 saturated carbocycles. The number of carboxylic acids is 1. The van der Waals surface area contributed by atoms with Crippen LogP contribution in [0.25, 0.3) is 6.08 Å². The van der Waals surface area contributed by atoms with Crippen molar-refractivity contribution in [1.29, 1.82) is 0 Å². The smallest absolute Gasteiger partial charge is 0.332 e. The number of aliphatic carboxylic acids is 1. The molecular formula is C13H14BrNO5. The summed E-state index contributed by atoms with van der Waals surface area (Å²) in [7, 11) is 0. The second-order valence-corrected chi connectivity index (χ2v) is 5.16. The monoisotopic (exact) mass is 343 g/mol. The molecule has 0 aromatic carbocycles. The Morgan fingerprint density at radius 3 is 2.85 bits per heavy atom. The highest BCUT2D eigenvalue weighted by Gasteiger charge is 2.30. The van der Waals surface area contributed by atoms with Gasteiger partial charge in [0, 0.05) is 12.6 Å². The van der Waals surface area contributed by atoms with Gasteiger partial charge in [0.15, 0.2) is 10.8 Å². The standard InChI is InChI=1S/C13H14BrNO5/c14-11-5-2-8(20-11)3-6-12(16)15-7-9-1-4-10(19-9)13(17)18/h2-3,5-6,9-10H,1,4,7H2,(H,15,16)(H,17,18)/b6-3+. The molecule has 2 rings (SSSR count). The van der Waals surface area contributed by atoms with E-state index >= 15 is 0 Å². The van der Waals surface area contributed by atoms with E-state index in [0.29, 0.717) is 29.8 Å². The molecule has 1 saturated heterocycles. The molecule has 2 N–H and O–H groups in total. The number of amides is 1. The van der Waals surface area contributed by atoms with Crippen molar-refractivity contribution in [2.24, 2.45) is 0 Å². The Kier molecular flexibility index (Phi) is 4.97. The van der Waals surface area contributed by atoms with E-state index in [1.165, 1.54) is 6.08 Å². The number of hydrogen-bond donors (Lipinski definition) is 2. The van der Waals surface area contributed by atoms with Crippen LogP contribution in [0.1, 0.15) is 18.6 Å². The first-order valence-electron chi connectivity index (χ1n) is 6.14. The molecule has 1 aromatic heterocycles. The van der Waals surface area contributed by atoms with Gasteiger partial charge in [-0.15, -0.1) is 0 Å². The number of halogens is 1. The first kappa shape index (κ1) is 14.8. The van der Waals surface area contributed by atoms with E-state index in [9.17, 15) is 9.59 Å². The minimum atomic E-state index is -0.956. The first-order chi connectivity index (χ1) is 9.54.